The highest BCUT2D eigenvalue weighted by molar-refractivity contribution is 7.36. The highest BCUT2D eigenvalue weighted by Crippen LogP contribution is 2.30. The van der Waals surface area contributed by atoms with Gasteiger partial charge in [-0.3, -0.25) is 10.1 Å². The van der Waals surface area contributed by atoms with Crippen LogP contribution in [0.15, 0.2) is 24.3 Å². The molecule has 0 aliphatic heterocycles. The molecule has 1 rings (SSSR count). The van der Waals surface area contributed by atoms with E-state index in [4.69, 9.17) is 5.50 Å². The minimum absolute atomic E-state index is 0.0869. The number of hydrogen-bond donors (Lipinski definition) is 1. The Hall–Kier alpha value is -1.52. The van der Waals surface area contributed by atoms with Crippen molar-refractivity contribution in [2.75, 3.05) is 0 Å². The standard InChI is InChI=1S/C6H6N2O4P/c7-13(11)12-6-4-2-1-3-5(6)8(9)10/h1-4H,(H2,7,11)/q+1. The molecule has 1 atom stereocenters. The second kappa shape index (κ2) is 3.93. The lowest BCUT2D eigenvalue weighted by molar-refractivity contribution is -0.385. The zero-order valence-corrected chi connectivity index (χ0v) is 7.31. The maximum Gasteiger partial charge on any atom is 0.661 e. The number of rotatable bonds is 3. The van der Waals surface area contributed by atoms with Crippen LogP contribution in [-0.4, -0.2) is 4.92 Å². The first-order valence-electron chi connectivity index (χ1n) is 3.24. The fourth-order valence-electron chi connectivity index (χ4n) is 0.782. The molecule has 1 unspecified atom stereocenters. The summed E-state index contributed by atoms with van der Waals surface area (Å²) in [5.41, 5.74) is 4.60. The van der Waals surface area contributed by atoms with E-state index in [1.165, 1.54) is 24.3 Å². The van der Waals surface area contributed by atoms with Gasteiger partial charge < -0.3 is 0 Å². The molecule has 7 heteroatoms. The fourth-order valence-corrected chi connectivity index (χ4v) is 1.13. The van der Waals surface area contributed by atoms with Crippen LogP contribution in [0.4, 0.5) is 5.69 Å². The number of nitro benzene ring substituents is 1. The van der Waals surface area contributed by atoms with Gasteiger partial charge in [0.1, 0.15) is 0 Å². The molecule has 0 aromatic heterocycles. The summed E-state index contributed by atoms with van der Waals surface area (Å²) in [6.07, 6.45) is 0. The Morgan fingerprint density at radius 1 is 1.46 bits per heavy atom. The summed E-state index contributed by atoms with van der Waals surface area (Å²) in [5, 5.41) is 10.4. The van der Waals surface area contributed by atoms with E-state index in [-0.39, 0.29) is 11.4 Å². The zero-order chi connectivity index (χ0) is 9.84. The predicted molar refractivity (Wildman–Crippen MR) is 45.5 cm³/mol. The molecule has 13 heavy (non-hydrogen) atoms. The molecule has 0 aliphatic carbocycles. The Bertz CT molecular complexity index is 354. The molecule has 0 saturated heterocycles. The van der Waals surface area contributed by atoms with Crippen LogP contribution in [0, 0.1) is 10.1 Å². The molecule has 0 spiro atoms. The summed E-state index contributed by atoms with van der Waals surface area (Å²) in [6, 6.07) is 5.59. The Morgan fingerprint density at radius 2 is 2.08 bits per heavy atom. The molecule has 1 aromatic rings. The molecule has 0 saturated carbocycles. The van der Waals surface area contributed by atoms with Crippen LogP contribution >= 0.6 is 8.18 Å². The van der Waals surface area contributed by atoms with Crippen molar-refractivity contribution in [1.29, 1.82) is 0 Å². The van der Waals surface area contributed by atoms with Crippen LogP contribution < -0.4 is 10.0 Å². The molecule has 0 fully saturated rings. The molecular weight excluding hydrogens is 195 g/mol. The van der Waals surface area contributed by atoms with E-state index in [2.05, 4.69) is 4.52 Å². The van der Waals surface area contributed by atoms with Gasteiger partial charge in [0, 0.05) is 10.6 Å². The fraction of sp³-hybridized carbons (Fsp3) is 0. The smallest absolute Gasteiger partial charge is 0.258 e. The van der Waals surface area contributed by atoms with Gasteiger partial charge in [0.05, 0.1) is 4.92 Å². The van der Waals surface area contributed by atoms with E-state index in [0.29, 0.717) is 0 Å². The van der Waals surface area contributed by atoms with Crippen LogP contribution in [0.3, 0.4) is 0 Å². The van der Waals surface area contributed by atoms with Crippen LogP contribution in [0.1, 0.15) is 0 Å². The minimum Gasteiger partial charge on any atom is -0.258 e. The third kappa shape index (κ3) is 2.47. The lowest BCUT2D eigenvalue weighted by atomic mass is 10.3. The monoisotopic (exact) mass is 201 g/mol. The number of para-hydroxylation sites is 2. The average Bonchev–Trinajstić information content (AvgIpc) is 2.03. The van der Waals surface area contributed by atoms with Crippen LogP contribution in [-0.2, 0) is 4.57 Å². The topological polar surface area (TPSA) is 95.5 Å². The van der Waals surface area contributed by atoms with Crippen LogP contribution in [0.25, 0.3) is 0 Å². The molecule has 0 aliphatic rings. The Morgan fingerprint density at radius 3 is 2.62 bits per heavy atom. The van der Waals surface area contributed by atoms with E-state index in [0.717, 1.165) is 0 Å². The van der Waals surface area contributed by atoms with Crippen molar-refractivity contribution in [2.24, 2.45) is 5.50 Å². The Kier molecular flexibility index (Phi) is 2.89. The van der Waals surface area contributed by atoms with Crippen LogP contribution in [0.2, 0.25) is 0 Å². The number of nitro groups is 1. The first-order valence-corrected chi connectivity index (χ1v) is 4.49. The second-order valence-corrected chi connectivity index (χ2v) is 2.85. The van der Waals surface area contributed by atoms with Crippen molar-refractivity contribution >= 4 is 13.9 Å². The van der Waals surface area contributed by atoms with Gasteiger partial charge in [0.25, 0.3) is 5.75 Å². The maximum absolute atomic E-state index is 10.5. The third-order valence-corrected chi connectivity index (χ3v) is 1.63. The molecule has 0 amide bonds. The average molecular weight is 201 g/mol. The molecule has 6 nitrogen and oxygen atoms in total. The summed E-state index contributed by atoms with van der Waals surface area (Å²) >= 11 is 0. The van der Waals surface area contributed by atoms with Gasteiger partial charge in [0.2, 0.25) is 0 Å². The molecule has 0 radical (unpaired) electrons. The Balaban J connectivity index is 3.04. The maximum atomic E-state index is 10.5. The molecule has 1 aromatic carbocycles. The van der Waals surface area contributed by atoms with Gasteiger partial charge >= 0.3 is 13.9 Å². The van der Waals surface area contributed by atoms with Crippen molar-refractivity contribution in [1.82, 2.24) is 0 Å². The second-order valence-electron chi connectivity index (χ2n) is 2.10. The van der Waals surface area contributed by atoms with Gasteiger partial charge in [-0.2, -0.15) is 0 Å². The van der Waals surface area contributed by atoms with Crippen molar-refractivity contribution in [3.8, 4) is 5.75 Å². The summed E-state index contributed by atoms with van der Waals surface area (Å²) < 4.78 is 15.0. The molecular formula is C6H6N2O4P+. The molecule has 2 N–H and O–H groups in total. The number of hydrogen-bond acceptors (Lipinski definition) is 4. The SMILES string of the molecule is N[P+](=O)Oc1ccccc1[N+](=O)[O-]. The largest absolute Gasteiger partial charge is 0.661 e. The Labute approximate surface area is 74.4 Å². The van der Waals surface area contributed by atoms with Gasteiger partial charge in [-0.05, 0) is 6.07 Å². The van der Waals surface area contributed by atoms with Crippen molar-refractivity contribution in [3.05, 3.63) is 34.4 Å². The molecule has 68 valence electrons. The number of nitrogens with two attached hydrogens (primary N) is 1. The molecule has 0 bridgehead atoms. The van der Waals surface area contributed by atoms with E-state index < -0.39 is 13.1 Å². The van der Waals surface area contributed by atoms with Gasteiger partial charge in [-0.15, -0.1) is 0 Å². The summed E-state index contributed by atoms with van der Waals surface area (Å²) in [4.78, 5) is 9.76. The first-order chi connectivity index (χ1) is 6.11. The lowest BCUT2D eigenvalue weighted by Crippen LogP contribution is -1.94. The van der Waals surface area contributed by atoms with Gasteiger partial charge in [-0.25, -0.2) is 4.52 Å². The number of benzene rings is 1. The molecule has 0 heterocycles. The summed E-state index contributed by atoms with van der Waals surface area (Å²) in [5.74, 6) is -0.0869. The highest BCUT2D eigenvalue weighted by atomic mass is 31.1. The van der Waals surface area contributed by atoms with E-state index in [1.54, 1.807) is 0 Å². The van der Waals surface area contributed by atoms with Gasteiger partial charge in [-0.1, -0.05) is 17.6 Å². The van der Waals surface area contributed by atoms with E-state index >= 15 is 0 Å². The van der Waals surface area contributed by atoms with Crippen molar-refractivity contribution in [2.45, 2.75) is 0 Å². The summed E-state index contributed by atoms with van der Waals surface area (Å²) in [7, 11) is -2.37. The van der Waals surface area contributed by atoms with E-state index in [1.807, 2.05) is 0 Å². The first kappa shape index (κ1) is 9.57. The normalized spacial score (nSPS) is 10.7. The minimum atomic E-state index is -2.37. The predicted octanol–water partition coefficient (Wildman–Crippen LogP) is 1.59. The van der Waals surface area contributed by atoms with Crippen molar-refractivity contribution < 1.29 is 14.0 Å². The lowest BCUT2D eigenvalue weighted by Gasteiger charge is -1.93. The zero-order valence-electron chi connectivity index (χ0n) is 6.41. The van der Waals surface area contributed by atoms with Crippen LogP contribution in [0.5, 0.6) is 5.75 Å². The number of nitrogens with zero attached hydrogens (tertiary/aromatic N) is 1. The quantitative estimate of drug-likeness (QED) is 0.455. The van der Waals surface area contributed by atoms with E-state index in [9.17, 15) is 14.7 Å². The van der Waals surface area contributed by atoms with Crippen molar-refractivity contribution in [3.63, 3.8) is 0 Å². The summed E-state index contributed by atoms with van der Waals surface area (Å²) in [6.45, 7) is 0. The highest BCUT2D eigenvalue weighted by Gasteiger charge is 2.21. The third-order valence-electron chi connectivity index (χ3n) is 1.25. The van der Waals surface area contributed by atoms with Gasteiger partial charge in [0.15, 0.2) is 0 Å².